The summed E-state index contributed by atoms with van der Waals surface area (Å²) in [6.07, 6.45) is 7.90. The third-order valence-electron chi connectivity index (χ3n) is 4.71. The molecule has 5 aromatic rings. The van der Waals surface area contributed by atoms with Crippen LogP contribution in [-0.2, 0) is 12.8 Å². The second-order valence-corrected chi connectivity index (χ2v) is 6.67. The van der Waals surface area contributed by atoms with Crippen LogP contribution in [0.15, 0.2) is 48.9 Å². The molecule has 0 radical (unpaired) electrons. The van der Waals surface area contributed by atoms with Gasteiger partial charge in [0, 0.05) is 29.8 Å². The van der Waals surface area contributed by atoms with E-state index in [9.17, 15) is 0 Å². The summed E-state index contributed by atoms with van der Waals surface area (Å²) in [5.74, 6) is 1.23. The molecule has 0 aliphatic heterocycles. The molecular formula is C20H18N8. The first-order valence-electron chi connectivity index (χ1n) is 9.26. The van der Waals surface area contributed by atoms with E-state index in [2.05, 4.69) is 55.5 Å². The lowest BCUT2D eigenvalue weighted by Crippen LogP contribution is -2.03. The number of nitrogens with zero attached hydrogens (tertiary/aromatic N) is 7. The number of fused-ring (bicyclic) bond motifs is 2. The van der Waals surface area contributed by atoms with Crippen molar-refractivity contribution in [2.24, 2.45) is 0 Å². The first-order valence-corrected chi connectivity index (χ1v) is 9.26. The number of aryl methyl sites for hydroxylation is 1. The molecule has 0 spiro atoms. The van der Waals surface area contributed by atoms with E-state index in [1.807, 2.05) is 18.3 Å². The smallest absolute Gasteiger partial charge is 0.271 e. The number of aromatic amines is 1. The summed E-state index contributed by atoms with van der Waals surface area (Å²) in [6.45, 7) is 2.13. The molecule has 4 heterocycles. The number of H-pyrrole nitrogens is 1. The van der Waals surface area contributed by atoms with Gasteiger partial charge in [0.2, 0.25) is 0 Å². The van der Waals surface area contributed by atoms with E-state index >= 15 is 0 Å². The van der Waals surface area contributed by atoms with Crippen molar-refractivity contribution in [1.29, 1.82) is 0 Å². The molecule has 0 bridgehead atoms. The number of rotatable bonds is 5. The van der Waals surface area contributed by atoms with Crippen LogP contribution in [0.1, 0.15) is 30.4 Å². The van der Waals surface area contributed by atoms with Crippen LogP contribution in [0.25, 0.3) is 27.9 Å². The monoisotopic (exact) mass is 370 g/mol. The number of hydrogen-bond acceptors (Lipinski definition) is 6. The molecular weight excluding hydrogens is 352 g/mol. The van der Waals surface area contributed by atoms with Crippen LogP contribution in [-0.4, -0.2) is 40.0 Å². The summed E-state index contributed by atoms with van der Waals surface area (Å²) in [7, 11) is 0. The van der Waals surface area contributed by atoms with Gasteiger partial charge in [-0.1, -0.05) is 25.5 Å². The Morgan fingerprint density at radius 3 is 3.00 bits per heavy atom. The Hall–Kier alpha value is -3.68. The number of benzene rings is 1. The van der Waals surface area contributed by atoms with Crippen molar-refractivity contribution in [3.63, 3.8) is 0 Å². The van der Waals surface area contributed by atoms with Crippen molar-refractivity contribution in [1.82, 2.24) is 40.0 Å². The number of aromatic nitrogens is 8. The molecule has 138 valence electrons. The minimum absolute atomic E-state index is 0.488. The van der Waals surface area contributed by atoms with Crippen LogP contribution in [0.4, 0.5) is 0 Å². The highest BCUT2D eigenvalue weighted by molar-refractivity contribution is 5.79. The topological polar surface area (TPSA) is 97.5 Å². The zero-order chi connectivity index (χ0) is 18.9. The predicted molar refractivity (Wildman–Crippen MR) is 105 cm³/mol. The standard InChI is InChI=1S/C20H18N8/c1-2-4-17-15(11-23-24-17)18-12-22-20-26-25-19(28(20)27-18)10-13-6-7-16-14(9-13)5-3-8-21-16/h3,5-9,11-12H,2,4,10H2,1H3,(H,23,24). The summed E-state index contributed by atoms with van der Waals surface area (Å²) in [4.78, 5) is 8.79. The van der Waals surface area contributed by atoms with E-state index in [4.69, 9.17) is 5.10 Å². The number of pyridine rings is 1. The predicted octanol–water partition coefficient (Wildman–Crippen LogP) is 3.00. The minimum Gasteiger partial charge on any atom is -0.285 e. The Bertz CT molecular complexity index is 1270. The highest BCUT2D eigenvalue weighted by Crippen LogP contribution is 2.21. The van der Waals surface area contributed by atoms with E-state index < -0.39 is 0 Å². The van der Waals surface area contributed by atoms with Crippen LogP contribution >= 0.6 is 0 Å². The van der Waals surface area contributed by atoms with Gasteiger partial charge < -0.3 is 0 Å². The molecule has 1 aromatic carbocycles. The molecule has 0 saturated heterocycles. The third kappa shape index (κ3) is 2.88. The van der Waals surface area contributed by atoms with Gasteiger partial charge >= 0.3 is 0 Å². The van der Waals surface area contributed by atoms with Crippen LogP contribution in [0, 0.1) is 0 Å². The van der Waals surface area contributed by atoms with E-state index in [0.717, 1.165) is 52.1 Å². The van der Waals surface area contributed by atoms with E-state index in [0.29, 0.717) is 12.2 Å². The summed E-state index contributed by atoms with van der Waals surface area (Å²) in [5, 5.41) is 21.6. The fraction of sp³-hybridized carbons (Fsp3) is 0.200. The van der Waals surface area contributed by atoms with Crippen molar-refractivity contribution in [3.8, 4) is 11.3 Å². The fourth-order valence-corrected chi connectivity index (χ4v) is 3.36. The Morgan fingerprint density at radius 2 is 2.07 bits per heavy atom. The number of hydrogen-bond donors (Lipinski definition) is 1. The molecule has 0 saturated carbocycles. The summed E-state index contributed by atoms with van der Waals surface area (Å²) < 4.78 is 1.71. The van der Waals surface area contributed by atoms with Gasteiger partial charge in [-0.2, -0.15) is 14.7 Å². The molecule has 28 heavy (non-hydrogen) atoms. The lowest BCUT2D eigenvalue weighted by atomic mass is 10.1. The highest BCUT2D eigenvalue weighted by atomic mass is 15.4. The van der Waals surface area contributed by atoms with Gasteiger partial charge in [-0.3, -0.25) is 10.1 Å². The van der Waals surface area contributed by atoms with Crippen molar-refractivity contribution >= 4 is 16.7 Å². The van der Waals surface area contributed by atoms with Crippen LogP contribution < -0.4 is 0 Å². The second kappa shape index (κ2) is 6.80. The average molecular weight is 370 g/mol. The SMILES string of the molecule is CCCc1n[nH]cc1-c1cnc2nnc(Cc3ccc4ncccc4c3)n2n1. The maximum Gasteiger partial charge on any atom is 0.271 e. The van der Waals surface area contributed by atoms with Gasteiger partial charge in [-0.05, 0) is 30.2 Å². The number of nitrogens with one attached hydrogen (secondary N) is 1. The van der Waals surface area contributed by atoms with Gasteiger partial charge in [0.1, 0.15) is 5.69 Å². The van der Waals surface area contributed by atoms with E-state index in [1.165, 1.54) is 0 Å². The maximum atomic E-state index is 4.74. The van der Waals surface area contributed by atoms with Gasteiger partial charge in [-0.25, -0.2) is 4.98 Å². The molecule has 0 aliphatic rings. The quantitative estimate of drug-likeness (QED) is 0.511. The van der Waals surface area contributed by atoms with Crippen molar-refractivity contribution in [2.75, 3.05) is 0 Å². The van der Waals surface area contributed by atoms with Crippen molar-refractivity contribution < 1.29 is 0 Å². The molecule has 0 aliphatic carbocycles. The van der Waals surface area contributed by atoms with Crippen LogP contribution in [0.2, 0.25) is 0 Å². The molecule has 0 fully saturated rings. The molecule has 8 nitrogen and oxygen atoms in total. The molecule has 0 unspecified atom stereocenters. The molecule has 5 rings (SSSR count). The Labute approximate surface area is 160 Å². The Morgan fingerprint density at radius 1 is 1.11 bits per heavy atom. The fourth-order valence-electron chi connectivity index (χ4n) is 3.36. The van der Waals surface area contributed by atoms with Crippen LogP contribution in [0.3, 0.4) is 0 Å². The van der Waals surface area contributed by atoms with Gasteiger partial charge in [0.15, 0.2) is 5.82 Å². The van der Waals surface area contributed by atoms with Crippen molar-refractivity contribution in [3.05, 3.63) is 66.0 Å². The Kier molecular flexibility index (Phi) is 4.01. The normalized spacial score (nSPS) is 11.5. The maximum absolute atomic E-state index is 4.74. The largest absolute Gasteiger partial charge is 0.285 e. The summed E-state index contributed by atoms with van der Waals surface area (Å²) in [6, 6.07) is 10.2. The minimum atomic E-state index is 0.488. The zero-order valence-corrected chi connectivity index (χ0v) is 15.4. The zero-order valence-electron chi connectivity index (χ0n) is 15.4. The van der Waals surface area contributed by atoms with Gasteiger partial charge in [0.05, 0.1) is 17.4 Å². The molecule has 1 N–H and O–H groups in total. The lowest BCUT2D eigenvalue weighted by Gasteiger charge is -2.04. The molecule has 8 heteroatoms. The average Bonchev–Trinajstić information content (AvgIpc) is 3.35. The van der Waals surface area contributed by atoms with Crippen LogP contribution in [0.5, 0.6) is 0 Å². The Balaban J connectivity index is 1.53. The van der Waals surface area contributed by atoms with Gasteiger partial charge in [0.25, 0.3) is 5.78 Å². The molecule has 4 aromatic heterocycles. The van der Waals surface area contributed by atoms with E-state index in [1.54, 1.807) is 16.9 Å². The summed E-state index contributed by atoms with van der Waals surface area (Å²) >= 11 is 0. The van der Waals surface area contributed by atoms with Crippen molar-refractivity contribution in [2.45, 2.75) is 26.2 Å². The lowest BCUT2D eigenvalue weighted by molar-refractivity contribution is 0.826. The first kappa shape index (κ1) is 16.5. The summed E-state index contributed by atoms with van der Waals surface area (Å²) in [5.41, 5.74) is 4.81. The molecule has 0 amide bonds. The molecule has 0 atom stereocenters. The van der Waals surface area contributed by atoms with Gasteiger partial charge in [-0.15, -0.1) is 10.2 Å². The second-order valence-electron chi connectivity index (χ2n) is 6.67. The van der Waals surface area contributed by atoms with E-state index in [-0.39, 0.29) is 0 Å². The first-order chi connectivity index (χ1) is 13.8. The highest BCUT2D eigenvalue weighted by Gasteiger charge is 2.14. The third-order valence-corrected chi connectivity index (χ3v) is 4.71.